The molecule has 2 atom stereocenters. The number of nitrogens with zero attached hydrogens (tertiary/aromatic N) is 2. The maximum absolute atomic E-state index is 13.0. The molecule has 1 fully saturated rings. The zero-order valence-electron chi connectivity index (χ0n) is 14.8. The van der Waals surface area contributed by atoms with Gasteiger partial charge in [-0.1, -0.05) is 40.2 Å². The quantitative estimate of drug-likeness (QED) is 0.706. The van der Waals surface area contributed by atoms with E-state index in [1.54, 1.807) is 18.2 Å². The summed E-state index contributed by atoms with van der Waals surface area (Å²) in [4.78, 5) is 13.0. The number of sulfonamides is 1. The Labute approximate surface area is 167 Å². The lowest BCUT2D eigenvalue weighted by Crippen LogP contribution is -2.29. The lowest BCUT2D eigenvalue weighted by molar-refractivity contribution is -0.122. The third-order valence-electron chi connectivity index (χ3n) is 4.90. The van der Waals surface area contributed by atoms with Crippen molar-refractivity contribution in [3.05, 3.63) is 69.7 Å². The number of hydrogen-bond acceptors (Lipinski definition) is 4. The van der Waals surface area contributed by atoms with Crippen molar-refractivity contribution in [2.45, 2.75) is 12.3 Å². The summed E-state index contributed by atoms with van der Waals surface area (Å²) in [5.74, 6) is -0.677. The van der Waals surface area contributed by atoms with Gasteiger partial charge in [-0.25, -0.2) is 12.7 Å². The first-order valence-electron chi connectivity index (χ1n) is 8.50. The summed E-state index contributed by atoms with van der Waals surface area (Å²) in [6.07, 6.45) is 1.42. The van der Waals surface area contributed by atoms with E-state index < -0.39 is 15.9 Å². The van der Waals surface area contributed by atoms with E-state index in [2.05, 4.69) is 22.0 Å². The first kappa shape index (κ1) is 19.7. The molecule has 0 radical (unpaired) electrons. The predicted molar refractivity (Wildman–Crippen MR) is 107 cm³/mol. The van der Waals surface area contributed by atoms with Crippen LogP contribution in [0, 0.1) is 17.2 Å². The molecule has 5 nitrogen and oxygen atoms in total. The minimum Gasteiger partial charge on any atom is -0.299 e. The summed E-state index contributed by atoms with van der Waals surface area (Å²) in [5, 5.41) is 9.15. The van der Waals surface area contributed by atoms with Crippen LogP contribution in [-0.4, -0.2) is 37.9 Å². The van der Waals surface area contributed by atoms with Gasteiger partial charge in [0, 0.05) is 35.8 Å². The van der Waals surface area contributed by atoms with Gasteiger partial charge in [0.25, 0.3) is 0 Å². The van der Waals surface area contributed by atoms with Crippen molar-refractivity contribution in [1.82, 2.24) is 4.31 Å². The first-order chi connectivity index (χ1) is 12.8. The van der Waals surface area contributed by atoms with Gasteiger partial charge in [0.1, 0.15) is 5.78 Å². The Balaban J connectivity index is 1.90. The zero-order chi connectivity index (χ0) is 19.6. The number of nitriles is 1. The third kappa shape index (κ3) is 4.64. The van der Waals surface area contributed by atoms with Crippen molar-refractivity contribution >= 4 is 31.7 Å². The molecule has 1 saturated heterocycles. The monoisotopic (exact) mass is 446 g/mol. The van der Waals surface area contributed by atoms with Crippen molar-refractivity contribution in [1.29, 1.82) is 5.26 Å². The fourth-order valence-electron chi connectivity index (χ4n) is 3.48. The summed E-state index contributed by atoms with van der Waals surface area (Å²) in [7, 11) is -3.39. The van der Waals surface area contributed by atoms with E-state index in [4.69, 9.17) is 5.26 Å². The fourth-order valence-corrected chi connectivity index (χ4v) is 4.60. The highest BCUT2D eigenvalue weighted by Crippen LogP contribution is 2.35. The molecule has 3 rings (SSSR count). The molecule has 2 aromatic carbocycles. The normalized spacial score (nSPS) is 20.3. The standard InChI is InChI=1S/C20H19BrN2O3S/c1-27(25,26)23-12-18(16-4-2-3-15(9-16)11-22)19(13-23)20(24)10-14-5-7-17(21)8-6-14/h2-9,18-19H,10,12-13H2,1H3/t18-,19+/m1/s1. The van der Waals surface area contributed by atoms with Crippen LogP contribution in [0.25, 0.3) is 0 Å². The molecule has 0 aromatic heterocycles. The summed E-state index contributed by atoms with van der Waals surface area (Å²) in [6, 6.07) is 16.7. The Morgan fingerprint density at radius 2 is 1.93 bits per heavy atom. The number of rotatable bonds is 5. The molecular formula is C20H19BrN2O3S. The van der Waals surface area contributed by atoms with Crippen LogP contribution in [0.4, 0.5) is 0 Å². The molecule has 2 aromatic rings. The highest BCUT2D eigenvalue weighted by molar-refractivity contribution is 9.10. The topological polar surface area (TPSA) is 78.2 Å². The van der Waals surface area contributed by atoms with Crippen LogP contribution in [0.2, 0.25) is 0 Å². The van der Waals surface area contributed by atoms with Crippen LogP contribution in [0.3, 0.4) is 0 Å². The van der Waals surface area contributed by atoms with Crippen LogP contribution in [0.15, 0.2) is 53.0 Å². The zero-order valence-corrected chi connectivity index (χ0v) is 17.2. The average molecular weight is 447 g/mol. The van der Waals surface area contributed by atoms with Crippen molar-refractivity contribution < 1.29 is 13.2 Å². The highest BCUT2D eigenvalue weighted by Gasteiger charge is 2.41. The molecule has 27 heavy (non-hydrogen) atoms. The van der Waals surface area contributed by atoms with Crippen molar-refractivity contribution in [3.63, 3.8) is 0 Å². The number of Topliss-reactive ketones (excluding diaryl/α,β-unsaturated/α-hetero) is 1. The SMILES string of the molecule is CS(=O)(=O)N1C[C@H](C(=O)Cc2ccc(Br)cc2)[C@@H](c2cccc(C#N)c2)C1. The van der Waals surface area contributed by atoms with Crippen LogP contribution < -0.4 is 0 Å². The van der Waals surface area contributed by atoms with Gasteiger partial charge in [-0.2, -0.15) is 5.26 Å². The van der Waals surface area contributed by atoms with E-state index in [1.165, 1.54) is 4.31 Å². The Morgan fingerprint density at radius 1 is 1.22 bits per heavy atom. The molecule has 1 heterocycles. The Morgan fingerprint density at radius 3 is 2.56 bits per heavy atom. The van der Waals surface area contributed by atoms with Crippen LogP contribution in [-0.2, 0) is 21.2 Å². The third-order valence-corrected chi connectivity index (χ3v) is 6.67. The smallest absolute Gasteiger partial charge is 0.211 e. The van der Waals surface area contributed by atoms with Gasteiger partial charge in [0.2, 0.25) is 10.0 Å². The minimum atomic E-state index is -3.39. The number of hydrogen-bond donors (Lipinski definition) is 0. The van der Waals surface area contributed by atoms with Gasteiger partial charge >= 0.3 is 0 Å². The molecule has 1 aliphatic heterocycles. The fraction of sp³-hybridized carbons (Fsp3) is 0.300. The number of halogens is 1. The van der Waals surface area contributed by atoms with Gasteiger partial charge in [-0.15, -0.1) is 0 Å². The molecule has 0 bridgehead atoms. The average Bonchev–Trinajstić information content (AvgIpc) is 3.10. The first-order valence-corrected chi connectivity index (χ1v) is 11.1. The lowest BCUT2D eigenvalue weighted by atomic mass is 9.84. The summed E-state index contributed by atoms with van der Waals surface area (Å²) in [6.45, 7) is 0.431. The van der Waals surface area contributed by atoms with E-state index in [9.17, 15) is 13.2 Å². The van der Waals surface area contributed by atoms with Gasteiger partial charge < -0.3 is 0 Å². The van der Waals surface area contributed by atoms with Crippen LogP contribution in [0.5, 0.6) is 0 Å². The molecule has 0 unspecified atom stereocenters. The Hall–Kier alpha value is -2.01. The van der Waals surface area contributed by atoms with E-state index in [0.29, 0.717) is 5.56 Å². The summed E-state index contributed by atoms with van der Waals surface area (Å²) < 4.78 is 26.4. The summed E-state index contributed by atoms with van der Waals surface area (Å²) >= 11 is 3.38. The number of ketones is 1. The molecule has 140 valence electrons. The van der Waals surface area contributed by atoms with Gasteiger partial charge in [-0.3, -0.25) is 4.79 Å². The minimum absolute atomic E-state index is 0.0100. The van der Waals surface area contributed by atoms with Crippen molar-refractivity contribution in [3.8, 4) is 6.07 Å². The highest BCUT2D eigenvalue weighted by atomic mass is 79.9. The second-order valence-electron chi connectivity index (χ2n) is 6.80. The predicted octanol–water partition coefficient (Wildman–Crippen LogP) is 3.11. The second kappa shape index (κ2) is 7.93. The summed E-state index contributed by atoms with van der Waals surface area (Å²) in [5.41, 5.74) is 2.23. The number of benzene rings is 2. The van der Waals surface area contributed by atoms with Crippen molar-refractivity contribution in [2.75, 3.05) is 19.3 Å². The second-order valence-corrected chi connectivity index (χ2v) is 9.70. The largest absolute Gasteiger partial charge is 0.299 e. The van der Waals surface area contributed by atoms with E-state index >= 15 is 0 Å². The molecular weight excluding hydrogens is 428 g/mol. The molecule has 0 spiro atoms. The molecule has 0 aliphatic carbocycles. The number of carbonyl (C=O) groups excluding carboxylic acids is 1. The molecule has 7 heteroatoms. The van der Waals surface area contributed by atoms with Crippen molar-refractivity contribution in [2.24, 2.45) is 5.92 Å². The Bertz CT molecular complexity index is 997. The molecule has 0 N–H and O–H groups in total. The Kier molecular flexibility index (Phi) is 5.80. The van der Waals surface area contributed by atoms with Crippen LogP contribution in [0.1, 0.15) is 22.6 Å². The lowest BCUT2D eigenvalue weighted by Gasteiger charge is -2.18. The molecule has 0 amide bonds. The maximum Gasteiger partial charge on any atom is 0.211 e. The van der Waals surface area contributed by atoms with Gasteiger partial charge in [0.05, 0.1) is 17.9 Å². The van der Waals surface area contributed by atoms with Crippen LogP contribution >= 0.6 is 15.9 Å². The van der Waals surface area contributed by atoms with E-state index in [-0.39, 0.29) is 31.2 Å². The number of carbonyl (C=O) groups is 1. The van der Waals surface area contributed by atoms with E-state index in [1.807, 2.05) is 30.3 Å². The van der Waals surface area contributed by atoms with Gasteiger partial charge in [0.15, 0.2) is 0 Å². The maximum atomic E-state index is 13.0. The van der Waals surface area contributed by atoms with Gasteiger partial charge in [-0.05, 0) is 35.4 Å². The molecule has 1 aliphatic rings. The van der Waals surface area contributed by atoms with E-state index in [0.717, 1.165) is 21.9 Å². The molecule has 0 saturated carbocycles.